The van der Waals surface area contributed by atoms with Crippen molar-refractivity contribution in [2.75, 3.05) is 46.4 Å². The van der Waals surface area contributed by atoms with Crippen molar-refractivity contribution in [3.8, 4) is 22.5 Å². The highest BCUT2D eigenvalue weighted by Gasteiger charge is 2.29. The largest absolute Gasteiger partial charge is 0.467 e. The molecule has 1 fully saturated rings. The molecule has 3 heterocycles. The fourth-order valence-corrected chi connectivity index (χ4v) is 5.38. The molecule has 2 aromatic heterocycles. The Morgan fingerprint density at radius 1 is 0.827 bits per heavy atom. The Kier molecular flexibility index (Phi) is 13.0. The lowest BCUT2D eigenvalue weighted by Gasteiger charge is -2.35. The predicted molar refractivity (Wildman–Crippen MR) is 189 cm³/mol. The number of aliphatic hydroxyl groups excluding tert-OH is 1. The van der Waals surface area contributed by atoms with Gasteiger partial charge in [-0.05, 0) is 85.9 Å². The zero-order valence-corrected chi connectivity index (χ0v) is 31.3. The first-order valence-electron chi connectivity index (χ1n) is 17.4. The lowest BCUT2D eigenvalue weighted by molar-refractivity contribution is -0.145. The molecule has 4 rings (SSSR count). The topological polar surface area (TPSA) is 196 Å². The SMILES string of the molecule is COC(=O)[C@H](CCCCNC(=O)OC(C)(C)C)n1cc(-c2cc(C(=O)N3CCN(C(=O)OC(C)(C)C)CC3)cc(-c3cn([C@H](C)CO)nn3)c2)nn1. The number of esters is 1. The average Bonchev–Trinajstić information content (AvgIpc) is 3.78. The summed E-state index contributed by atoms with van der Waals surface area (Å²) in [4.78, 5) is 54.6. The number of methoxy groups -OCH3 is 1. The van der Waals surface area contributed by atoms with Gasteiger partial charge in [-0.1, -0.05) is 10.4 Å². The van der Waals surface area contributed by atoms with E-state index in [-0.39, 0.29) is 18.6 Å². The number of nitrogens with one attached hydrogen (secondary N) is 1. The number of aromatic nitrogens is 6. The number of nitrogens with zero attached hydrogens (tertiary/aromatic N) is 8. The van der Waals surface area contributed by atoms with Gasteiger partial charge in [0.1, 0.15) is 22.6 Å². The van der Waals surface area contributed by atoms with Crippen LogP contribution in [-0.2, 0) is 19.0 Å². The Balaban J connectivity index is 1.55. The van der Waals surface area contributed by atoms with Crippen LogP contribution in [0.5, 0.6) is 0 Å². The van der Waals surface area contributed by atoms with Gasteiger partial charge in [-0.2, -0.15) is 0 Å². The van der Waals surface area contributed by atoms with E-state index in [0.717, 1.165) is 0 Å². The van der Waals surface area contributed by atoms with Gasteiger partial charge in [0.15, 0.2) is 6.04 Å². The molecule has 17 heteroatoms. The first-order chi connectivity index (χ1) is 24.5. The average molecular weight is 726 g/mol. The van der Waals surface area contributed by atoms with E-state index in [1.165, 1.54) is 11.8 Å². The number of carbonyl (C=O) groups excluding carboxylic acids is 4. The van der Waals surface area contributed by atoms with Crippen molar-refractivity contribution in [2.45, 2.75) is 91.0 Å². The summed E-state index contributed by atoms with van der Waals surface area (Å²) < 4.78 is 18.8. The number of rotatable bonds is 12. The molecule has 1 aliphatic rings. The van der Waals surface area contributed by atoms with Crippen LogP contribution in [0.2, 0.25) is 0 Å². The number of hydrogen-bond acceptors (Lipinski definition) is 12. The Labute approximate surface area is 303 Å². The van der Waals surface area contributed by atoms with E-state index in [1.807, 2.05) is 0 Å². The second-order valence-electron chi connectivity index (χ2n) is 14.7. The fraction of sp³-hybridized carbons (Fsp3) is 0.600. The lowest BCUT2D eigenvalue weighted by atomic mass is 10.0. The quantitative estimate of drug-likeness (QED) is 0.156. The summed E-state index contributed by atoms with van der Waals surface area (Å²) in [6.07, 6.45) is 3.91. The molecule has 0 bridgehead atoms. The Morgan fingerprint density at radius 3 is 1.94 bits per heavy atom. The molecule has 2 N–H and O–H groups in total. The smallest absolute Gasteiger partial charge is 0.410 e. The van der Waals surface area contributed by atoms with Crippen LogP contribution in [0.4, 0.5) is 9.59 Å². The zero-order chi connectivity index (χ0) is 38.2. The Morgan fingerprint density at radius 2 is 1.38 bits per heavy atom. The number of amides is 3. The number of aliphatic hydroxyl groups is 1. The monoisotopic (exact) mass is 725 g/mol. The van der Waals surface area contributed by atoms with Gasteiger partial charge in [-0.3, -0.25) is 4.79 Å². The van der Waals surface area contributed by atoms with E-state index in [0.29, 0.717) is 80.1 Å². The van der Waals surface area contributed by atoms with Gasteiger partial charge in [0, 0.05) is 49.4 Å². The van der Waals surface area contributed by atoms with Gasteiger partial charge in [0.2, 0.25) is 0 Å². The summed E-state index contributed by atoms with van der Waals surface area (Å²) in [6.45, 7) is 14.1. The first kappa shape index (κ1) is 39.7. The van der Waals surface area contributed by atoms with E-state index in [1.54, 1.807) is 93.5 Å². The lowest BCUT2D eigenvalue weighted by Crippen LogP contribution is -2.51. The van der Waals surface area contributed by atoms with Crippen molar-refractivity contribution < 1.29 is 38.5 Å². The molecule has 1 aliphatic heterocycles. The number of piperazine rings is 1. The summed E-state index contributed by atoms with van der Waals surface area (Å²) in [7, 11) is 1.30. The molecule has 0 aliphatic carbocycles. The molecule has 17 nitrogen and oxygen atoms in total. The van der Waals surface area contributed by atoms with Gasteiger partial charge < -0.3 is 34.4 Å². The van der Waals surface area contributed by atoms with Gasteiger partial charge in [0.05, 0.1) is 32.2 Å². The van der Waals surface area contributed by atoms with E-state index < -0.39 is 35.4 Å². The van der Waals surface area contributed by atoms with Gasteiger partial charge in [0.25, 0.3) is 5.91 Å². The van der Waals surface area contributed by atoms with E-state index in [2.05, 4.69) is 25.9 Å². The zero-order valence-electron chi connectivity index (χ0n) is 31.3. The maximum Gasteiger partial charge on any atom is 0.410 e. The van der Waals surface area contributed by atoms with Crippen LogP contribution in [0.3, 0.4) is 0 Å². The molecule has 0 spiro atoms. The Bertz CT molecular complexity index is 1700. The minimum absolute atomic E-state index is 0.132. The normalized spacial score (nSPS) is 14.8. The molecule has 284 valence electrons. The number of unbranched alkanes of at least 4 members (excludes halogenated alkanes) is 1. The van der Waals surface area contributed by atoms with Crippen LogP contribution in [0.25, 0.3) is 22.5 Å². The van der Waals surface area contributed by atoms with Crippen LogP contribution < -0.4 is 5.32 Å². The highest BCUT2D eigenvalue weighted by Crippen LogP contribution is 2.29. The minimum atomic E-state index is -0.779. The minimum Gasteiger partial charge on any atom is -0.467 e. The summed E-state index contributed by atoms with van der Waals surface area (Å²) in [5.74, 6) is -0.746. The van der Waals surface area contributed by atoms with Crippen molar-refractivity contribution in [3.63, 3.8) is 0 Å². The van der Waals surface area contributed by atoms with Crippen molar-refractivity contribution in [1.82, 2.24) is 45.1 Å². The summed E-state index contributed by atoms with van der Waals surface area (Å²) >= 11 is 0. The van der Waals surface area contributed by atoms with Crippen LogP contribution in [0.1, 0.15) is 90.2 Å². The molecule has 2 atom stereocenters. The molecule has 3 amide bonds. The van der Waals surface area contributed by atoms with Crippen molar-refractivity contribution >= 4 is 24.1 Å². The molecule has 1 saturated heterocycles. The summed E-state index contributed by atoms with van der Waals surface area (Å²) in [5, 5.41) is 29.4. The molecule has 0 radical (unpaired) electrons. The van der Waals surface area contributed by atoms with Gasteiger partial charge >= 0.3 is 18.2 Å². The molecule has 0 unspecified atom stereocenters. The number of alkyl carbamates (subject to hydrolysis) is 1. The predicted octanol–water partition coefficient (Wildman–Crippen LogP) is 3.86. The van der Waals surface area contributed by atoms with Crippen molar-refractivity contribution in [1.29, 1.82) is 0 Å². The van der Waals surface area contributed by atoms with Crippen LogP contribution in [0, 0.1) is 0 Å². The molecule has 1 aromatic carbocycles. The van der Waals surface area contributed by atoms with E-state index in [9.17, 15) is 24.3 Å². The van der Waals surface area contributed by atoms with Crippen LogP contribution in [-0.4, -0.2) is 127 Å². The third-order valence-corrected chi connectivity index (χ3v) is 8.09. The summed E-state index contributed by atoms with van der Waals surface area (Å²) in [5.41, 5.74) is 1.15. The number of ether oxygens (including phenoxy) is 3. The second kappa shape index (κ2) is 17.0. The van der Waals surface area contributed by atoms with Crippen LogP contribution >= 0.6 is 0 Å². The van der Waals surface area contributed by atoms with Crippen molar-refractivity contribution in [2.24, 2.45) is 0 Å². The molecule has 0 saturated carbocycles. The number of carbonyl (C=O) groups is 4. The number of hydrogen-bond donors (Lipinski definition) is 2. The molecular formula is C35H51N9O8. The fourth-order valence-electron chi connectivity index (χ4n) is 5.38. The van der Waals surface area contributed by atoms with Crippen LogP contribution in [0.15, 0.2) is 30.6 Å². The summed E-state index contributed by atoms with van der Waals surface area (Å²) in [6, 6.07) is 4.14. The highest BCUT2D eigenvalue weighted by molar-refractivity contribution is 5.97. The second-order valence-corrected chi connectivity index (χ2v) is 14.7. The van der Waals surface area contributed by atoms with Crippen molar-refractivity contribution in [3.05, 3.63) is 36.2 Å². The van der Waals surface area contributed by atoms with Gasteiger partial charge in [-0.15, -0.1) is 10.2 Å². The van der Waals surface area contributed by atoms with E-state index >= 15 is 0 Å². The van der Waals surface area contributed by atoms with E-state index in [4.69, 9.17) is 14.2 Å². The van der Waals surface area contributed by atoms with Gasteiger partial charge in [-0.25, -0.2) is 23.7 Å². The third kappa shape index (κ3) is 11.0. The first-order valence-corrected chi connectivity index (χ1v) is 17.4. The third-order valence-electron chi connectivity index (χ3n) is 8.09. The molecule has 52 heavy (non-hydrogen) atoms. The maximum absolute atomic E-state index is 13.9. The maximum atomic E-state index is 13.9. The molecular weight excluding hydrogens is 674 g/mol. The molecule has 3 aromatic rings. The number of benzene rings is 1. The highest BCUT2D eigenvalue weighted by atomic mass is 16.6. The standard InChI is InChI=1S/C35H51N9O8/c1-23(22-45)43-20-27(37-39-43)24-17-25(19-26(18-24)30(46)41-13-15-42(16-14-41)33(49)52-35(5,6)7)28-21-44(40-38-28)29(31(47)50-8)11-9-10-12-36-32(48)51-34(2,3)4/h17-21,23,29,45H,9-16,22H2,1-8H3,(H,36,48)/t23-,29+/m1/s1. The Hall–Kier alpha value is -5.06.